The zero-order chi connectivity index (χ0) is 33.2. The Bertz CT molecular complexity index is 1520. The maximum Gasteiger partial charge on any atom is 0.265 e. The molecule has 0 spiro atoms. The van der Waals surface area contributed by atoms with E-state index in [0.29, 0.717) is 25.7 Å². The second kappa shape index (κ2) is 24.7. The van der Waals surface area contributed by atoms with E-state index in [1.807, 2.05) is 20.8 Å². The fourth-order valence-corrected chi connectivity index (χ4v) is 5.39. The van der Waals surface area contributed by atoms with Crippen molar-refractivity contribution in [1.29, 1.82) is 0 Å². The first kappa shape index (κ1) is 40.3. The molecule has 0 bridgehead atoms. The Hall–Kier alpha value is -3.67. The number of hydrogen-bond acceptors (Lipinski definition) is 6. The molecule has 0 aliphatic rings. The summed E-state index contributed by atoms with van der Waals surface area (Å²) in [4.78, 5) is 0. The van der Waals surface area contributed by atoms with Crippen molar-refractivity contribution < 1.29 is 31.9 Å². The first-order valence-electron chi connectivity index (χ1n) is 14.0. The van der Waals surface area contributed by atoms with Gasteiger partial charge >= 0.3 is 0 Å². The second-order valence-corrected chi connectivity index (χ2v) is 11.4. The zero-order valence-electron chi connectivity index (χ0n) is 26.6. The molecule has 0 fully saturated rings. The second-order valence-electron chi connectivity index (χ2n) is 9.92. The van der Waals surface area contributed by atoms with Crippen LogP contribution in [-0.2, 0) is 29.1 Å². The number of ether oxygens (including phenoxy) is 4. The first-order valence-corrected chi connectivity index (χ1v) is 15.6. The van der Waals surface area contributed by atoms with E-state index in [1.54, 1.807) is 0 Å². The largest absolute Gasteiger partial charge is 0.359 e. The van der Waals surface area contributed by atoms with Gasteiger partial charge in [-0.05, 0) is 116 Å². The molecule has 0 aromatic rings. The molecular formula is C36H44O7S. The Labute approximate surface area is 263 Å². The summed E-state index contributed by atoms with van der Waals surface area (Å²) in [6.45, 7) is 17.0. The van der Waals surface area contributed by atoms with Crippen molar-refractivity contribution in [2.75, 3.05) is 46.8 Å². The van der Waals surface area contributed by atoms with Crippen LogP contribution in [-0.4, -0.2) is 59.7 Å². The fraction of sp³-hybridized carbons (Fsp3) is 0.500. The molecular weight excluding hydrogens is 576 g/mol. The molecule has 0 heterocycles. The molecule has 0 saturated heterocycles. The van der Waals surface area contributed by atoms with Gasteiger partial charge in [0.15, 0.2) is 0 Å². The first-order chi connectivity index (χ1) is 21.1. The molecule has 0 rings (SSSR count). The Morgan fingerprint density at radius 3 is 1.70 bits per heavy atom. The van der Waals surface area contributed by atoms with Gasteiger partial charge in [-0.15, -0.1) is 0 Å². The highest BCUT2D eigenvalue weighted by Crippen LogP contribution is 2.34. The molecule has 0 aliphatic carbocycles. The van der Waals surface area contributed by atoms with Crippen LogP contribution in [0.1, 0.15) is 46.5 Å². The molecule has 0 aliphatic heterocycles. The molecule has 1 N–H and O–H groups in total. The number of rotatable bonds is 20. The van der Waals surface area contributed by atoms with Crippen molar-refractivity contribution in [2.24, 2.45) is 23.7 Å². The maximum atomic E-state index is 12.2. The van der Waals surface area contributed by atoms with E-state index in [9.17, 15) is 13.0 Å². The third-order valence-electron chi connectivity index (χ3n) is 6.59. The van der Waals surface area contributed by atoms with Gasteiger partial charge in [0.05, 0.1) is 19.0 Å². The van der Waals surface area contributed by atoms with Crippen LogP contribution in [0.4, 0.5) is 0 Å². The van der Waals surface area contributed by atoms with Gasteiger partial charge < -0.3 is 18.9 Å². The van der Waals surface area contributed by atoms with Gasteiger partial charge in [0.1, 0.15) is 13.6 Å². The third-order valence-corrected chi connectivity index (χ3v) is 7.48. The van der Waals surface area contributed by atoms with Crippen molar-refractivity contribution in [1.82, 2.24) is 0 Å². The summed E-state index contributed by atoms with van der Waals surface area (Å²) >= 11 is 0. The van der Waals surface area contributed by atoms with Crippen molar-refractivity contribution >= 4 is 10.1 Å². The van der Waals surface area contributed by atoms with E-state index in [2.05, 4.69) is 88.5 Å². The highest BCUT2D eigenvalue weighted by atomic mass is 32.2. The third kappa shape index (κ3) is 19.5. The van der Waals surface area contributed by atoms with Crippen LogP contribution in [0.3, 0.4) is 0 Å². The van der Waals surface area contributed by atoms with Crippen LogP contribution in [0.25, 0.3) is 0 Å². The number of methoxy groups -OCH3 is 2. The molecule has 0 saturated carbocycles. The van der Waals surface area contributed by atoms with E-state index < -0.39 is 21.8 Å². The lowest BCUT2D eigenvalue weighted by molar-refractivity contribution is -0.0233. The minimum absolute atomic E-state index is 0.0725. The smallest absolute Gasteiger partial charge is 0.265 e. The summed E-state index contributed by atoms with van der Waals surface area (Å²) in [5.41, 5.74) is 35.5. The summed E-state index contributed by atoms with van der Waals surface area (Å²) in [7, 11) is -1.23. The summed E-state index contributed by atoms with van der Waals surface area (Å²) in [6.07, 6.45) is 2.11. The van der Waals surface area contributed by atoms with Crippen molar-refractivity contribution in [3.8, 4) is 0 Å². The Morgan fingerprint density at radius 1 is 0.750 bits per heavy atom. The quantitative estimate of drug-likeness (QED) is 0.0699. The monoisotopic (exact) mass is 620 g/mol. The molecule has 236 valence electrons. The zero-order valence-corrected chi connectivity index (χ0v) is 27.4. The summed E-state index contributed by atoms with van der Waals surface area (Å²) in [5, 5.41) is 0. The molecule has 0 aromatic heterocycles. The van der Waals surface area contributed by atoms with Gasteiger partial charge in [-0.1, -0.05) is 48.2 Å². The highest BCUT2D eigenvalue weighted by molar-refractivity contribution is 7.85. The van der Waals surface area contributed by atoms with Crippen LogP contribution in [0, 0.1) is 23.7 Å². The van der Waals surface area contributed by atoms with E-state index in [4.69, 9.17) is 18.9 Å². The molecule has 4 unspecified atom stereocenters. The Balaban J connectivity index is 6.85. The molecule has 0 radical (unpaired) electrons. The highest BCUT2D eigenvalue weighted by Gasteiger charge is 2.28. The van der Waals surface area contributed by atoms with Crippen LogP contribution in [0.5, 0.6) is 0 Å². The summed E-state index contributed by atoms with van der Waals surface area (Å²) in [5.74, 6) is -1.22. The lowest BCUT2D eigenvalue weighted by Gasteiger charge is -2.28. The van der Waals surface area contributed by atoms with Gasteiger partial charge in [0.2, 0.25) is 0 Å². The standard InChI is InChI=1S/C36H44O7S/c1-9-13-16-19-30(5)36(22-31(6)34(20-17-14-10-2)25-42-28-40-7)24-32(27-44(37,38)39)23-33(12-4)35(21-18-15-11-3)26-43-29-41-8/h31-33,36H,1-3,12,22-29H2,4-8H3,(H,37,38,39). The fourth-order valence-electron chi connectivity index (χ4n) is 4.52. The molecule has 8 heteroatoms. The predicted molar refractivity (Wildman–Crippen MR) is 171 cm³/mol. The minimum atomic E-state index is -4.30. The van der Waals surface area contributed by atoms with Gasteiger partial charge in [-0.3, -0.25) is 4.55 Å². The normalized spacial score (nSPS) is 12.5. The van der Waals surface area contributed by atoms with Crippen LogP contribution in [0.2, 0.25) is 0 Å². The van der Waals surface area contributed by atoms with Crippen LogP contribution in [0.15, 0.2) is 105 Å². The van der Waals surface area contributed by atoms with E-state index >= 15 is 0 Å². The molecule has 0 amide bonds. The maximum absolute atomic E-state index is 12.2. The van der Waals surface area contributed by atoms with Crippen molar-refractivity contribution in [3.63, 3.8) is 0 Å². The molecule has 0 aromatic carbocycles. The van der Waals surface area contributed by atoms with Crippen molar-refractivity contribution in [3.05, 3.63) is 105 Å². The minimum Gasteiger partial charge on any atom is -0.359 e. The molecule has 4 atom stereocenters. The van der Waals surface area contributed by atoms with Gasteiger partial charge in [-0.2, -0.15) is 8.42 Å². The van der Waals surface area contributed by atoms with Gasteiger partial charge in [0.25, 0.3) is 10.1 Å². The summed E-state index contributed by atoms with van der Waals surface area (Å²) in [6, 6.07) is 0. The van der Waals surface area contributed by atoms with Gasteiger partial charge in [-0.25, -0.2) is 0 Å². The average molecular weight is 621 g/mol. The summed E-state index contributed by atoms with van der Waals surface area (Å²) < 4.78 is 55.6. The topological polar surface area (TPSA) is 91.3 Å². The SMILES string of the molecule is C=C=C=C=C=C(COCOC)C(C)CC(CC(CC(CC)C(=C=C=C=C=C)COCOC)CS(=O)(=O)O)C(C)=C=C=C=C=C. The van der Waals surface area contributed by atoms with E-state index in [1.165, 1.54) is 14.2 Å². The van der Waals surface area contributed by atoms with Gasteiger partial charge in [0, 0.05) is 25.4 Å². The molecule has 44 heavy (non-hydrogen) atoms. The van der Waals surface area contributed by atoms with Crippen LogP contribution >= 0.6 is 0 Å². The lowest BCUT2D eigenvalue weighted by Crippen LogP contribution is -2.24. The number of hydrogen-bond donors (Lipinski definition) is 1. The van der Waals surface area contributed by atoms with Crippen LogP contribution < -0.4 is 0 Å². The Kier molecular flexibility index (Phi) is 22.7. The van der Waals surface area contributed by atoms with E-state index in [-0.39, 0.29) is 44.6 Å². The average Bonchev–Trinajstić information content (AvgIpc) is 2.97. The predicted octanol–water partition coefficient (Wildman–Crippen LogP) is 6.73. The number of allylic oxidation sites excluding steroid dienone is 1. The van der Waals surface area contributed by atoms with Crippen molar-refractivity contribution in [2.45, 2.75) is 46.5 Å². The molecule has 7 nitrogen and oxygen atoms in total. The van der Waals surface area contributed by atoms with E-state index in [0.717, 1.165) is 16.7 Å². The lowest BCUT2D eigenvalue weighted by atomic mass is 9.78. The Morgan fingerprint density at radius 2 is 1.23 bits per heavy atom.